The topological polar surface area (TPSA) is 29.9 Å². The highest BCUT2D eigenvalue weighted by Crippen LogP contribution is 2.20. The van der Waals surface area contributed by atoms with Crippen molar-refractivity contribution in [3.8, 4) is 5.69 Å². The van der Waals surface area contributed by atoms with Gasteiger partial charge < -0.3 is 5.32 Å². The standard InChI is InChI=1S/C17H19N3S/c1-18-17(8-7-14-9-10-21-13-14)15-11-19-20(12-15)16-5-3-2-4-6-16/h2-6,9-13,17-18H,7-8H2,1H3. The van der Waals surface area contributed by atoms with Gasteiger partial charge in [-0.2, -0.15) is 16.4 Å². The van der Waals surface area contributed by atoms with Crippen molar-refractivity contribution in [3.05, 3.63) is 70.7 Å². The van der Waals surface area contributed by atoms with Crippen molar-refractivity contribution in [2.45, 2.75) is 18.9 Å². The summed E-state index contributed by atoms with van der Waals surface area (Å²) in [6.07, 6.45) is 6.24. The van der Waals surface area contributed by atoms with Gasteiger partial charge in [-0.1, -0.05) is 18.2 Å². The van der Waals surface area contributed by atoms with Crippen LogP contribution < -0.4 is 5.32 Å². The van der Waals surface area contributed by atoms with E-state index in [4.69, 9.17) is 0 Å². The lowest BCUT2D eigenvalue weighted by Gasteiger charge is -2.13. The number of para-hydroxylation sites is 1. The van der Waals surface area contributed by atoms with E-state index in [9.17, 15) is 0 Å². The third kappa shape index (κ3) is 3.40. The van der Waals surface area contributed by atoms with Crippen molar-refractivity contribution in [1.29, 1.82) is 0 Å². The molecule has 3 nitrogen and oxygen atoms in total. The Hall–Kier alpha value is -1.91. The average molecular weight is 297 g/mol. The molecule has 0 aliphatic heterocycles. The Balaban J connectivity index is 1.71. The van der Waals surface area contributed by atoms with E-state index in [1.807, 2.05) is 36.1 Å². The summed E-state index contributed by atoms with van der Waals surface area (Å²) in [4.78, 5) is 0. The summed E-state index contributed by atoms with van der Waals surface area (Å²) in [6, 6.07) is 12.7. The van der Waals surface area contributed by atoms with Crippen molar-refractivity contribution in [1.82, 2.24) is 15.1 Å². The largest absolute Gasteiger partial charge is 0.313 e. The summed E-state index contributed by atoms with van der Waals surface area (Å²) in [5.74, 6) is 0. The molecule has 3 rings (SSSR count). The minimum absolute atomic E-state index is 0.336. The Morgan fingerprint density at radius 2 is 2.10 bits per heavy atom. The molecule has 1 aromatic carbocycles. The van der Waals surface area contributed by atoms with Crippen LogP contribution in [0.1, 0.15) is 23.6 Å². The van der Waals surface area contributed by atoms with Crippen molar-refractivity contribution in [2.24, 2.45) is 0 Å². The third-order valence-electron chi connectivity index (χ3n) is 3.68. The molecule has 1 unspecified atom stereocenters. The van der Waals surface area contributed by atoms with Gasteiger partial charge in [-0.15, -0.1) is 0 Å². The molecule has 4 heteroatoms. The van der Waals surface area contributed by atoms with E-state index in [0.717, 1.165) is 18.5 Å². The van der Waals surface area contributed by atoms with Crippen LogP contribution in [0.2, 0.25) is 0 Å². The fourth-order valence-electron chi connectivity index (χ4n) is 2.46. The van der Waals surface area contributed by atoms with Crippen LogP contribution in [-0.4, -0.2) is 16.8 Å². The Bertz CT molecular complexity index is 658. The van der Waals surface area contributed by atoms with Gasteiger partial charge in [0.25, 0.3) is 0 Å². The summed E-state index contributed by atoms with van der Waals surface area (Å²) in [5.41, 5.74) is 3.74. The van der Waals surface area contributed by atoms with Gasteiger partial charge in [0.1, 0.15) is 0 Å². The van der Waals surface area contributed by atoms with Crippen LogP contribution >= 0.6 is 11.3 Å². The first-order valence-electron chi connectivity index (χ1n) is 7.15. The normalized spacial score (nSPS) is 12.4. The molecule has 0 saturated heterocycles. The molecule has 2 heterocycles. The Morgan fingerprint density at radius 3 is 2.81 bits per heavy atom. The van der Waals surface area contributed by atoms with E-state index in [1.54, 1.807) is 11.3 Å². The Morgan fingerprint density at radius 1 is 1.24 bits per heavy atom. The van der Waals surface area contributed by atoms with E-state index in [1.165, 1.54) is 11.1 Å². The number of rotatable bonds is 6. The number of nitrogens with one attached hydrogen (secondary N) is 1. The van der Waals surface area contributed by atoms with Gasteiger partial charge in [-0.3, -0.25) is 0 Å². The summed E-state index contributed by atoms with van der Waals surface area (Å²) in [7, 11) is 2.01. The second-order valence-electron chi connectivity index (χ2n) is 5.07. The van der Waals surface area contributed by atoms with Gasteiger partial charge in [0.05, 0.1) is 11.9 Å². The van der Waals surface area contributed by atoms with Gasteiger partial charge in [-0.25, -0.2) is 4.68 Å². The fraction of sp³-hybridized carbons (Fsp3) is 0.235. The number of benzene rings is 1. The number of thiophene rings is 1. The number of hydrogen-bond donors (Lipinski definition) is 1. The quantitative estimate of drug-likeness (QED) is 0.749. The molecule has 0 bridgehead atoms. The number of nitrogens with zero attached hydrogens (tertiary/aromatic N) is 2. The van der Waals surface area contributed by atoms with Crippen LogP contribution in [-0.2, 0) is 6.42 Å². The van der Waals surface area contributed by atoms with Crippen LogP contribution in [0.5, 0.6) is 0 Å². The second kappa shape index (κ2) is 6.70. The van der Waals surface area contributed by atoms with Gasteiger partial charge in [-0.05, 0) is 54.4 Å². The number of aryl methyl sites for hydroxylation is 1. The smallest absolute Gasteiger partial charge is 0.0645 e. The molecule has 0 spiro atoms. The van der Waals surface area contributed by atoms with E-state index in [2.05, 4.69) is 45.6 Å². The van der Waals surface area contributed by atoms with E-state index < -0.39 is 0 Å². The first-order valence-corrected chi connectivity index (χ1v) is 8.09. The zero-order valence-electron chi connectivity index (χ0n) is 12.1. The van der Waals surface area contributed by atoms with Crippen LogP contribution in [0.25, 0.3) is 5.69 Å². The van der Waals surface area contributed by atoms with Gasteiger partial charge >= 0.3 is 0 Å². The van der Waals surface area contributed by atoms with Crippen molar-refractivity contribution >= 4 is 11.3 Å². The predicted octanol–water partition coefficient (Wildman–Crippen LogP) is 3.83. The maximum atomic E-state index is 4.48. The van der Waals surface area contributed by atoms with Crippen LogP contribution in [0.15, 0.2) is 59.6 Å². The van der Waals surface area contributed by atoms with Crippen molar-refractivity contribution < 1.29 is 0 Å². The van der Waals surface area contributed by atoms with Gasteiger partial charge in [0.15, 0.2) is 0 Å². The zero-order valence-corrected chi connectivity index (χ0v) is 12.9. The maximum absolute atomic E-state index is 4.48. The molecule has 0 radical (unpaired) electrons. The zero-order chi connectivity index (χ0) is 14.5. The number of aromatic nitrogens is 2. The van der Waals surface area contributed by atoms with Crippen LogP contribution in [0, 0.1) is 0 Å². The highest BCUT2D eigenvalue weighted by molar-refractivity contribution is 7.07. The summed E-state index contributed by atoms with van der Waals surface area (Å²) < 4.78 is 1.93. The molecule has 21 heavy (non-hydrogen) atoms. The van der Waals surface area contributed by atoms with Crippen molar-refractivity contribution in [3.63, 3.8) is 0 Å². The highest BCUT2D eigenvalue weighted by Gasteiger charge is 2.12. The van der Waals surface area contributed by atoms with E-state index in [-0.39, 0.29) is 0 Å². The molecule has 108 valence electrons. The average Bonchev–Trinajstić information content (AvgIpc) is 3.20. The third-order valence-corrected chi connectivity index (χ3v) is 4.41. The molecule has 0 amide bonds. The van der Waals surface area contributed by atoms with Crippen molar-refractivity contribution in [2.75, 3.05) is 7.05 Å². The molecular weight excluding hydrogens is 278 g/mol. The van der Waals surface area contributed by atoms with Gasteiger partial charge in [0, 0.05) is 17.8 Å². The Kier molecular flexibility index (Phi) is 4.48. The number of hydrogen-bond acceptors (Lipinski definition) is 3. The molecule has 0 aliphatic carbocycles. The first kappa shape index (κ1) is 14.0. The molecule has 2 aromatic heterocycles. The first-order chi connectivity index (χ1) is 10.4. The second-order valence-corrected chi connectivity index (χ2v) is 5.85. The molecule has 0 fully saturated rings. The molecule has 0 aliphatic rings. The summed E-state index contributed by atoms with van der Waals surface area (Å²) in [5, 5.41) is 12.2. The maximum Gasteiger partial charge on any atom is 0.0645 e. The molecule has 0 saturated carbocycles. The molecular formula is C17H19N3S. The predicted molar refractivity (Wildman–Crippen MR) is 88.0 cm³/mol. The summed E-state index contributed by atoms with van der Waals surface area (Å²) >= 11 is 1.76. The lowest BCUT2D eigenvalue weighted by atomic mass is 10.0. The molecule has 1 atom stereocenters. The lowest BCUT2D eigenvalue weighted by molar-refractivity contribution is 0.549. The minimum Gasteiger partial charge on any atom is -0.313 e. The van der Waals surface area contributed by atoms with E-state index in [0.29, 0.717) is 6.04 Å². The van der Waals surface area contributed by atoms with E-state index >= 15 is 0 Å². The lowest BCUT2D eigenvalue weighted by Crippen LogP contribution is -2.16. The van der Waals surface area contributed by atoms with Crippen LogP contribution in [0.4, 0.5) is 0 Å². The fourth-order valence-corrected chi connectivity index (χ4v) is 3.17. The highest BCUT2D eigenvalue weighted by atomic mass is 32.1. The van der Waals surface area contributed by atoms with Crippen LogP contribution in [0.3, 0.4) is 0 Å². The SMILES string of the molecule is CNC(CCc1ccsc1)c1cnn(-c2ccccc2)c1. The minimum atomic E-state index is 0.336. The Labute approximate surface area is 129 Å². The molecule has 3 aromatic rings. The molecule has 1 N–H and O–H groups in total. The van der Waals surface area contributed by atoms with Gasteiger partial charge in [0.2, 0.25) is 0 Å². The summed E-state index contributed by atoms with van der Waals surface area (Å²) in [6.45, 7) is 0. The monoisotopic (exact) mass is 297 g/mol.